The molecule has 0 unspecified atom stereocenters. The molecular weight excluding hydrogens is 278 g/mol. The van der Waals surface area contributed by atoms with Crippen LogP contribution in [0.3, 0.4) is 0 Å². The van der Waals surface area contributed by atoms with E-state index in [9.17, 15) is 4.79 Å². The SMILES string of the molecule is Cc1noc([C@@H](CC(C)C)NC(=O)c2ccc(C)c(C)c2)n1. The summed E-state index contributed by atoms with van der Waals surface area (Å²) in [5, 5.41) is 6.82. The summed E-state index contributed by atoms with van der Waals surface area (Å²) in [6.45, 7) is 9.99. The van der Waals surface area contributed by atoms with E-state index in [4.69, 9.17) is 4.52 Å². The fraction of sp³-hybridized carbons (Fsp3) is 0.471. The maximum absolute atomic E-state index is 12.5. The summed E-state index contributed by atoms with van der Waals surface area (Å²) in [6, 6.07) is 5.42. The second-order valence-corrected chi connectivity index (χ2v) is 6.13. The number of aromatic nitrogens is 2. The van der Waals surface area contributed by atoms with Crippen molar-refractivity contribution >= 4 is 5.91 Å². The van der Waals surface area contributed by atoms with Gasteiger partial charge in [0.2, 0.25) is 5.89 Å². The van der Waals surface area contributed by atoms with Crippen LogP contribution in [0.5, 0.6) is 0 Å². The number of carbonyl (C=O) groups is 1. The van der Waals surface area contributed by atoms with E-state index in [-0.39, 0.29) is 11.9 Å². The van der Waals surface area contributed by atoms with Crippen LogP contribution in [0.2, 0.25) is 0 Å². The number of amides is 1. The molecule has 1 heterocycles. The summed E-state index contributed by atoms with van der Waals surface area (Å²) >= 11 is 0. The molecule has 0 bridgehead atoms. The predicted molar refractivity (Wildman–Crippen MR) is 84.6 cm³/mol. The van der Waals surface area contributed by atoms with Crippen molar-refractivity contribution in [2.75, 3.05) is 0 Å². The highest BCUT2D eigenvalue weighted by Crippen LogP contribution is 2.21. The Morgan fingerprint density at radius 3 is 2.50 bits per heavy atom. The zero-order valence-corrected chi connectivity index (χ0v) is 13.8. The highest BCUT2D eigenvalue weighted by atomic mass is 16.5. The molecule has 1 aromatic heterocycles. The topological polar surface area (TPSA) is 68.0 Å². The van der Waals surface area contributed by atoms with E-state index >= 15 is 0 Å². The highest BCUT2D eigenvalue weighted by Gasteiger charge is 2.22. The van der Waals surface area contributed by atoms with Crippen molar-refractivity contribution in [1.29, 1.82) is 0 Å². The Labute approximate surface area is 131 Å². The van der Waals surface area contributed by atoms with Crippen molar-refractivity contribution < 1.29 is 9.32 Å². The number of carbonyl (C=O) groups excluding carboxylic acids is 1. The van der Waals surface area contributed by atoms with Crippen LogP contribution in [0.4, 0.5) is 0 Å². The minimum atomic E-state index is -0.268. The lowest BCUT2D eigenvalue weighted by molar-refractivity contribution is 0.0922. The number of nitrogens with zero attached hydrogens (tertiary/aromatic N) is 2. The lowest BCUT2D eigenvalue weighted by atomic mass is 10.0. The Hall–Kier alpha value is -2.17. The third-order valence-electron chi connectivity index (χ3n) is 3.62. The van der Waals surface area contributed by atoms with Gasteiger partial charge >= 0.3 is 0 Å². The molecule has 0 aliphatic carbocycles. The first-order valence-corrected chi connectivity index (χ1v) is 7.55. The van der Waals surface area contributed by atoms with Crippen LogP contribution in [0.25, 0.3) is 0 Å². The maximum Gasteiger partial charge on any atom is 0.251 e. The molecule has 0 aliphatic heterocycles. The Bertz CT molecular complexity index is 662. The third kappa shape index (κ3) is 3.93. The van der Waals surface area contributed by atoms with E-state index in [1.165, 1.54) is 5.56 Å². The fourth-order valence-corrected chi connectivity index (χ4v) is 2.27. The molecule has 2 aromatic rings. The van der Waals surface area contributed by atoms with Crippen molar-refractivity contribution in [2.24, 2.45) is 5.92 Å². The van der Waals surface area contributed by atoms with Crippen molar-refractivity contribution in [2.45, 2.75) is 47.1 Å². The number of nitrogens with one attached hydrogen (secondary N) is 1. The van der Waals surface area contributed by atoms with Crippen LogP contribution in [-0.2, 0) is 0 Å². The standard InChI is InChI=1S/C17H23N3O2/c1-10(2)8-15(17-18-13(5)20-22-17)19-16(21)14-7-6-11(3)12(4)9-14/h6-7,9-10,15H,8H2,1-5H3,(H,19,21)/t15-/m1/s1. The third-order valence-corrected chi connectivity index (χ3v) is 3.62. The number of aryl methyl sites for hydroxylation is 3. The molecule has 0 saturated heterocycles. The second-order valence-electron chi connectivity index (χ2n) is 6.13. The summed E-state index contributed by atoms with van der Waals surface area (Å²) in [5.74, 6) is 1.31. The predicted octanol–water partition coefficient (Wildman–Crippen LogP) is 3.51. The average Bonchev–Trinajstić information content (AvgIpc) is 2.87. The van der Waals surface area contributed by atoms with E-state index < -0.39 is 0 Å². The largest absolute Gasteiger partial charge is 0.340 e. The lowest BCUT2D eigenvalue weighted by Crippen LogP contribution is -2.29. The van der Waals surface area contributed by atoms with Gasteiger partial charge in [-0.25, -0.2) is 0 Å². The van der Waals surface area contributed by atoms with Crippen molar-refractivity contribution in [3.8, 4) is 0 Å². The van der Waals surface area contributed by atoms with E-state index in [0.29, 0.717) is 23.2 Å². The molecule has 0 spiro atoms. The van der Waals surface area contributed by atoms with Gasteiger partial charge in [-0.3, -0.25) is 4.79 Å². The Kier molecular flexibility index (Phi) is 4.96. The molecule has 0 fully saturated rings. The van der Waals surface area contributed by atoms with E-state index in [2.05, 4.69) is 29.3 Å². The van der Waals surface area contributed by atoms with Crippen LogP contribution in [-0.4, -0.2) is 16.0 Å². The second kappa shape index (κ2) is 6.73. The molecule has 2 rings (SSSR count). The number of hydrogen-bond acceptors (Lipinski definition) is 4. The molecule has 22 heavy (non-hydrogen) atoms. The van der Waals surface area contributed by atoms with Gasteiger partial charge in [-0.15, -0.1) is 0 Å². The Morgan fingerprint density at radius 1 is 1.23 bits per heavy atom. The molecule has 1 N–H and O–H groups in total. The molecule has 1 aromatic carbocycles. The molecule has 0 radical (unpaired) electrons. The molecule has 1 atom stereocenters. The van der Waals surface area contributed by atoms with Gasteiger partial charge in [-0.05, 0) is 56.4 Å². The van der Waals surface area contributed by atoms with Crippen molar-refractivity contribution in [3.05, 3.63) is 46.6 Å². The zero-order valence-electron chi connectivity index (χ0n) is 13.8. The maximum atomic E-state index is 12.5. The van der Waals surface area contributed by atoms with Gasteiger partial charge in [0.1, 0.15) is 6.04 Å². The first kappa shape index (κ1) is 16.2. The average molecular weight is 301 g/mol. The van der Waals surface area contributed by atoms with Crippen LogP contribution in [0, 0.1) is 26.7 Å². The molecule has 0 aliphatic rings. The van der Waals surface area contributed by atoms with Gasteiger partial charge in [0.15, 0.2) is 5.82 Å². The van der Waals surface area contributed by atoms with Gasteiger partial charge in [0.25, 0.3) is 5.91 Å². The fourth-order valence-electron chi connectivity index (χ4n) is 2.27. The van der Waals surface area contributed by atoms with E-state index in [1.54, 1.807) is 6.92 Å². The summed E-state index contributed by atoms with van der Waals surface area (Å²) < 4.78 is 5.23. The zero-order chi connectivity index (χ0) is 16.3. The van der Waals surface area contributed by atoms with E-state index in [1.807, 2.05) is 32.0 Å². The summed E-state index contributed by atoms with van der Waals surface area (Å²) in [7, 11) is 0. The van der Waals surface area contributed by atoms with Gasteiger partial charge in [0.05, 0.1) is 0 Å². The lowest BCUT2D eigenvalue weighted by Gasteiger charge is -2.17. The molecule has 5 nitrogen and oxygen atoms in total. The number of rotatable bonds is 5. The van der Waals surface area contributed by atoms with Crippen LogP contribution < -0.4 is 5.32 Å². The Morgan fingerprint density at radius 2 is 1.95 bits per heavy atom. The van der Waals surface area contributed by atoms with Gasteiger partial charge < -0.3 is 9.84 Å². The summed E-state index contributed by atoms with van der Waals surface area (Å²) in [6.07, 6.45) is 0.748. The monoisotopic (exact) mass is 301 g/mol. The van der Waals surface area contributed by atoms with Gasteiger partial charge in [0, 0.05) is 5.56 Å². The molecule has 0 saturated carbocycles. The Balaban J connectivity index is 2.18. The first-order valence-electron chi connectivity index (χ1n) is 7.55. The molecular formula is C17H23N3O2. The van der Waals surface area contributed by atoms with Gasteiger partial charge in [-0.2, -0.15) is 4.98 Å². The normalized spacial score (nSPS) is 12.5. The van der Waals surface area contributed by atoms with E-state index in [0.717, 1.165) is 12.0 Å². The highest BCUT2D eigenvalue weighted by molar-refractivity contribution is 5.94. The number of benzene rings is 1. The van der Waals surface area contributed by atoms with Crippen LogP contribution >= 0.6 is 0 Å². The van der Waals surface area contributed by atoms with Crippen molar-refractivity contribution in [1.82, 2.24) is 15.5 Å². The first-order chi connectivity index (χ1) is 10.4. The molecule has 118 valence electrons. The van der Waals surface area contributed by atoms with Gasteiger partial charge in [-0.1, -0.05) is 25.1 Å². The summed E-state index contributed by atoms with van der Waals surface area (Å²) in [4.78, 5) is 16.7. The quantitative estimate of drug-likeness (QED) is 0.917. The molecule has 1 amide bonds. The van der Waals surface area contributed by atoms with Crippen LogP contribution in [0.1, 0.15) is 59.5 Å². The summed E-state index contributed by atoms with van der Waals surface area (Å²) in [5.41, 5.74) is 2.91. The minimum Gasteiger partial charge on any atom is -0.340 e. The van der Waals surface area contributed by atoms with Crippen LogP contribution in [0.15, 0.2) is 22.7 Å². The smallest absolute Gasteiger partial charge is 0.251 e. The molecule has 5 heteroatoms. The minimum absolute atomic E-state index is 0.121. The number of hydrogen-bond donors (Lipinski definition) is 1. The van der Waals surface area contributed by atoms with Crippen molar-refractivity contribution in [3.63, 3.8) is 0 Å².